The molecule has 0 aliphatic rings. The van der Waals surface area contributed by atoms with Crippen LogP contribution in [0.15, 0.2) is 29.3 Å². The Balaban J connectivity index is 0.00000676. The molecule has 0 amide bonds. The first-order valence-electron chi connectivity index (χ1n) is 8.69. The van der Waals surface area contributed by atoms with Gasteiger partial charge in [-0.1, -0.05) is 19.1 Å². The normalized spacial score (nSPS) is 12.8. The Morgan fingerprint density at radius 1 is 1.15 bits per heavy atom. The minimum Gasteiger partial charge on any atom is -0.497 e. The van der Waals surface area contributed by atoms with Crippen molar-refractivity contribution in [2.45, 2.75) is 19.3 Å². The molecule has 0 fully saturated rings. The third-order valence-corrected chi connectivity index (χ3v) is 4.82. The summed E-state index contributed by atoms with van der Waals surface area (Å²) in [4.78, 5) is 4.16. The van der Waals surface area contributed by atoms with Crippen LogP contribution in [-0.4, -0.2) is 66.8 Å². The predicted octanol–water partition coefficient (Wildman–Crippen LogP) is 2.03. The lowest BCUT2D eigenvalue weighted by molar-refractivity contribution is 0.154. The number of guanidine groups is 1. The van der Waals surface area contributed by atoms with Gasteiger partial charge >= 0.3 is 0 Å². The van der Waals surface area contributed by atoms with Gasteiger partial charge < -0.3 is 20.1 Å². The third kappa shape index (κ3) is 12.1. The number of sulfone groups is 1. The van der Waals surface area contributed by atoms with Crippen LogP contribution in [0.1, 0.15) is 24.8 Å². The van der Waals surface area contributed by atoms with E-state index >= 15 is 0 Å². The standard InChI is InChI=1S/C18H31N3O4S.HI/c1-15(16-5-7-17(24-3)8-6-16)9-10-20-18(19-2)21-11-12-25-13-14-26(4,22)23;/h5-8,15H,9-14H2,1-4H3,(H2,19,20,21);1H. The fourth-order valence-corrected chi connectivity index (χ4v) is 2.70. The van der Waals surface area contributed by atoms with E-state index in [1.807, 2.05) is 12.1 Å². The van der Waals surface area contributed by atoms with E-state index in [4.69, 9.17) is 9.47 Å². The Morgan fingerprint density at radius 2 is 1.78 bits per heavy atom. The maximum Gasteiger partial charge on any atom is 0.191 e. The van der Waals surface area contributed by atoms with E-state index in [1.165, 1.54) is 11.8 Å². The third-order valence-electron chi connectivity index (χ3n) is 3.92. The molecule has 0 radical (unpaired) electrons. The van der Waals surface area contributed by atoms with Crippen molar-refractivity contribution in [3.05, 3.63) is 29.8 Å². The van der Waals surface area contributed by atoms with Crippen molar-refractivity contribution in [2.75, 3.05) is 52.5 Å². The highest BCUT2D eigenvalue weighted by molar-refractivity contribution is 14.0. The number of aliphatic imine (C=N–C) groups is 1. The smallest absolute Gasteiger partial charge is 0.191 e. The van der Waals surface area contributed by atoms with Gasteiger partial charge in [0.25, 0.3) is 0 Å². The van der Waals surface area contributed by atoms with Gasteiger partial charge in [-0.15, -0.1) is 24.0 Å². The summed E-state index contributed by atoms with van der Waals surface area (Å²) >= 11 is 0. The van der Waals surface area contributed by atoms with Gasteiger partial charge in [0.05, 0.1) is 26.1 Å². The van der Waals surface area contributed by atoms with Crippen LogP contribution < -0.4 is 15.4 Å². The van der Waals surface area contributed by atoms with Crippen molar-refractivity contribution >= 4 is 39.8 Å². The second kappa shape index (κ2) is 14.0. The van der Waals surface area contributed by atoms with E-state index in [1.54, 1.807) is 14.2 Å². The topological polar surface area (TPSA) is 89.0 Å². The maximum atomic E-state index is 11.0. The van der Waals surface area contributed by atoms with E-state index < -0.39 is 9.84 Å². The monoisotopic (exact) mass is 513 g/mol. The Bertz CT molecular complexity index is 651. The van der Waals surface area contributed by atoms with Crippen LogP contribution in [0, 0.1) is 0 Å². The van der Waals surface area contributed by atoms with Crippen LogP contribution in [-0.2, 0) is 14.6 Å². The second-order valence-corrected chi connectivity index (χ2v) is 8.39. The quantitative estimate of drug-likeness (QED) is 0.204. The molecule has 156 valence electrons. The van der Waals surface area contributed by atoms with Crippen LogP contribution in [0.25, 0.3) is 0 Å². The summed E-state index contributed by atoms with van der Waals surface area (Å²) in [6.07, 6.45) is 2.17. The summed E-state index contributed by atoms with van der Waals surface area (Å²) in [5.41, 5.74) is 1.27. The van der Waals surface area contributed by atoms with Crippen LogP contribution in [0.4, 0.5) is 0 Å². The molecule has 0 saturated carbocycles. The lowest BCUT2D eigenvalue weighted by Gasteiger charge is -2.15. The van der Waals surface area contributed by atoms with E-state index in [0.717, 1.165) is 18.7 Å². The molecule has 0 spiro atoms. The molecule has 1 atom stereocenters. The highest BCUT2D eigenvalue weighted by atomic mass is 127. The number of halogens is 1. The summed E-state index contributed by atoms with van der Waals surface area (Å²) in [5.74, 6) is 2.04. The number of benzene rings is 1. The molecule has 0 bridgehead atoms. The fraction of sp³-hybridized carbons (Fsp3) is 0.611. The molecule has 2 N–H and O–H groups in total. The zero-order valence-electron chi connectivity index (χ0n) is 16.5. The predicted molar refractivity (Wildman–Crippen MR) is 121 cm³/mol. The zero-order chi connectivity index (χ0) is 19.4. The number of nitrogens with one attached hydrogen (secondary N) is 2. The van der Waals surface area contributed by atoms with Crippen molar-refractivity contribution in [3.63, 3.8) is 0 Å². The summed E-state index contributed by atoms with van der Waals surface area (Å²) in [5, 5.41) is 6.41. The van der Waals surface area contributed by atoms with Gasteiger partial charge in [-0.3, -0.25) is 4.99 Å². The van der Waals surface area contributed by atoms with Crippen molar-refractivity contribution in [1.82, 2.24) is 10.6 Å². The van der Waals surface area contributed by atoms with Gasteiger partial charge in [0, 0.05) is 26.4 Å². The zero-order valence-corrected chi connectivity index (χ0v) is 19.7. The SMILES string of the molecule is CN=C(NCCOCCS(C)(=O)=O)NCCC(C)c1ccc(OC)cc1.I. The average molecular weight is 513 g/mol. The van der Waals surface area contributed by atoms with Gasteiger partial charge in [0.15, 0.2) is 5.96 Å². The van der Waals surface area contributed by atoms with Crippen LogP contribution in [0.2, 0.25) is 0 Å². The first kappa shape index (κ1) is 25.9. The van der Waals surface area contributed by atoms with E-state index in [9.17, 15) is 8.42 Å². The van der Waals surface area contributed by atoms with Gasteiger partial charge in [0.1, 0.15) is 15.6 Å². The molecular weight excluding hydrogens is 481 g/mol. The van der Waals surface area contributed by atoms with Crippen molar-refractivity contribution in [2.24, 2.45) is 4.99 Å². The number of hydrogen-bond acceptors (Lipinski definition) is 5. The van der Waals surface area contributed by atoms with Crippen LogP contribution in [0.3, 0.4) is 0 Å². The van der Waals surface area contributed by atoms with Crippen LogP contribution >= 0.6 is 24.0 Å². The van der Waals surface area contributed by atoms with E-state index in [-0.39, 0.29) is 36.3 Å². The molecule has 0 aliphatic heterocycles. The summed E-state index contributed by atoms with van der Waals surface area (Å²) in [7, 11) is 0.412. The molecular formula is C18H32IN3O4S. The van der Waals surface area contributed by atoms with E-state index in [2.05, 4.69) is 34.7 Å². The largest absolute Gasteiger partial charge is 0.497 e. The number of ether oxygens (including phenoxy) is 2. The molecule has 0 aliphatic carbocycles. The summed E-state index contributed by atoms with van der Waals surface area (Å²) in [6.45, 7) is 4.19. The van der Waals surface area contributed by atoms with Gasteiger partial charge in [-0.25, -0.2) is 8.42 Å². The lowest BCUT2D eigenvalue weighted by Crippen LogP contribution is -2.39. The summed E-state index contributed by atoms with van der Waals surface area (Å²) < 4.78 is 32.5. The Labute approximate surface area is 180 Å². The van der Waals surface area contributed by atoms with Gasteiger partial charge in [-0.2, -0.15) is 0 Å². The molecule has 0 saturated heterocycles. The molecule has 0 aromatic heterocycles. The molecule has 9 heteroatoms. The Kier molecular flexibility index (Phi) is 13.4. The average Bonchev–Trinajstić information content (AvgIpc) is 2.62. The van der Waals surface area contributed by atoms with Crippen molar-refractivity contribution in [3.8, 4) is 5.75 Å². The number of rotatable bonds is 11. The molecule has 1 aromatic rings. The second-order valence-electron chi connectivity index (χ2n) is 6.13. The number of methoxy groups -OCH3 is 1. The van der Waals surface area contributed by atoms with Crippen LogP contribution in [0.5, 0.6) is 5.75 Å². The first-order valence-corrected chi connectivity index (χ1v) is 10.8. The Morgan fingerprint density at radius 3 is 2.33 bits per heavy atom. The van der Waals surface area contributed by atoms with Gasteiger partial charge in [-0.05, 0) is 30.0 Å². The van der Waals surface area contributed by atoms with Crippen molar-refractivity contribution < 1.29 is 17.9 Å². The Hall–Kier alpha value is -1.07. The molecule has 1 unspecified atom stereocenters. The van der Waals surface area contributed by atoms with E-state index in [0.29, 0.717) is 25.0 Å². The first-order chi connectivity index (χ1) is 12.4. The molecule has 1 aromatic carbocycles. The molecule has 0 heterocycles. The molecule has 1 rings (SSSR count). The minimum atomic E-state index is -2.97. The van der Waals surface area contributed by atoms with Gasteiger partial charge in [0.2, 0.25) is 0 Å². The highest BCUT2D eigenvalue weighted by Gasteiger charge is 2.06. The maximum absolute atomic E-state index is 11.0. The minimum absolute atomic E-state index is 0. The molecule has 27 heavy (non-hydrogen) atoms. The highest BCUT2D eigenvalue weighted by Crippen LogP contribution is 2.21. The van der Waals surface area contributed by atoms with Crippen molar-refractivity contribution in [1.29, 1.82) is 0 Å². The number of hydrogen-bond donors (Lipinski definition) is 2. The number of nitrogens with zero attached hydrogens (tertiary/aromatic N) is 1. The lowest BCUT2D eigenvalue weighted by atomic mass is 9.98. The molecule has 7 nitrogen and oxygen atoms in total. The summed E-state index contributed by atoms with van der Waals surface area (Å²) in [6, 6.07) is 8.13. The fourth-order valence-electron chi connectivity index (χ4n) is 2.28.